The number of rotatable bonds is 0. The van der Waals surface area contributed by atoms with Gasteiger partial charge in [-0.05, 0) is 0 Å². The van der Waals surface area contributed by atoms with Crippen molar-refractivity contribution in [2.24, 2.45) is 0 Å². The van der Waals surface area contributed by atoms with E-state index >= 15 is 0 Å². The maximum Gasteiger partial charge on any atom is 4.00 e. The quantitative estimate of drug-likeness (QED) is 0.401. The van der Waals surface area contributed by atoms with Crippen LogP contribution in [0, 0.1) is 0 Å². The second-order valence-corrected chi connectivity index (χ2v) is 0. The first kappa shape index (κ1) is 391. The Bertz CT molecular complexity index is 13.6. The predicted molar refractivity (Wildman–Crippen MR) is 13.6 cm³/mol. The first-order valence-electron chi connectivity index (χ1n) is 0. The van der Waals surface area contributed by atoms with E-state index in [-0.39, 0.29) is 105 Å². The molecule has 66 valence electrons. The average Bonchev–Trinajstić information content (AvgIpc) is 0. The monoisotopic (exact) mass is 298 g/mol. The van der Waals surface area contributed by atoms with Crippen molar-refractivity contribution in [1.82, 2.24) is 0 Å². The molecule has 10 heteroatoms. The Morgan fingerprint density at radius 2 is 0.400 bits per heavy atom. The van der Waals surface area contributed by atoms with Gasteiger partial charge >= 0.3 is 67.1 Å². The van der Waals surface area contributed by atoms with Gasteiger partial charge in [-0.2, -0.15) is 0 Å². The molecular formula is H7MoNaNiO7. The van der Waals surface area contributed by atoms with Crippen LogP contribution in [0.25, 0.3) is 0 Å². The summed E-state index contributed by atoms with van der Waals surface area (Å²) in [6.45, 7) is 0. The van der Waals surface area contributed by atoms with Crippen molar-refractivity contribution in [3.63, 3.8) is 0 Å². The van der Waals surface area contributed by atoms with Gasteiger partial charge in [0.2, 0.25) is 0 Å². The summed E-state index contributed by atoms with van der Waals surface area (Å²) in [5, 5.41) is 0. The molecule has 0 amide bonds. The van der Waals surface area contributed by atoms with E-state index in [1.807, 2.05) is 0 Å². The summed E-state index contributed by atoms with van der Waals surface area (Å²) in [6.07, 6.45) is 0. The minimum Gasteiger partial charge on any atom is -0.870 e. The second kappa shape index (κ2) is 296. The molecule has 0 unspecified atom stereocenters. The molecule has 0 radical (unpaired) electrons. The van der Waals surface area contributed by atoms with Gasteiger partial charge < -0.3 is 38.3 Å². The van der Waals surface area contributed by atoms with Crippen molar-refractivity contribution in [3.8, 4) is 0 Å². The van der Waals surface area contributed by atoms with Crippen molar-refractivity contribution in [3.05, 3.63) is 0 Å². The van der Waals surface area contributed by atoms with Gasteiger partial charge in [0.15, 0.2) is 0 Å². The zero-order valence-corrected chi connectivity index (χ0v) is 9.85. The van der Waals surface area contributed by atoms with Gasteiger partial charge in [-0.25, -0.2) is 0 Å². The minimum atomic E-state index is 0. The van der Waals surface area contributed by atoms with Gasteiger partial charge in [0.1, 0.15) is 0 Å². The molecule has 0 atom stereocenters. The van der Waals surface area contributed by atoms with Crippen molar-refractivity contribution < 1.29 is 105 Å². The van der Waals surface area contributed by atoms with E-state index in [2.05, 4.69) is 0 Å². The van der Waals surface area contributed by atoms with Gasteiger partial charge in [-0.15, -0.1) is 0 Å². The topological polar surface area (TPSA) is 210 Å². The summed E-state index contributed by atoms with van der Waals surface area (Å²) in [5.41, 5.74) is 0. The van der Waals surface area contributed by atoms with Crippen molar-refractivity contribution in [1.29, 1.82) is 0 Å². The summed E-state index contributed by atoms with van der Waals surface area (Å²) in [6, 6.07) is 0. The first-order valence-corrected chi connectivity index (χ1v) is 0. The third-order valence-corrected chi connectivity index (χ3v) is 0. The van der Waals surface area contributed by atoms with Crippen molar-refractivity contribution in [2.45, 2.75) is 0 Å². The van der Waals surface area contributed by atoms with E-state index in [4.69, 9.17) is 0 Å². The zero-order chi connectivity index (χ0) is 0. The Hall–Kier alpha value is 1.90. The minimum absolute atomic E-state index is 0. The van der Waals surface area contributed by atoms with Crippen LogP contribution in [0.4, 0.5) is 0 Å². The van der Waals surface area contributed by atoms with Crippen LogP contribution in [-0.4, -0.2) is 38.3 Å². The average molecular weight is 297 g/mol. The fourth-order valence-corrected chi connectivity index (χ4v) is 0. The molecule has 0 rings (SSSR count). The molecule has 0 aromatic rings. The molecule has 0 aliphatic rings. The molecular weight excluding hydrogens is 290 g/mol. The Labute approximate surface area is 105 Å². The van der Waals surface area contributed by atoms with Gasteiger partial charge in [0.05, 0.1) is 0 Å². The molecule has 10 heavy (non-hydrogen) atoms. The number of hydrogen-bond acceptors (Lipinski definition) is 7. The molecule has 0 aromatic carbocycles. The van der Waals surface area contributed by atoms with E-state index in [1.165, 1.54) is 0 Å². The standard InChI is InChI=1S/Mo.Na.Ni.7H2O/h;;;7*1H2/q+4;+1;+2;;;;;;;/p-7. The van der Waals surface area contributed by atoms with Crippen LogP contribution < -0.4 is 29.6 Å². The third kappa shape index (κ3) is 217. The Morgan fingerprint density at radius 1 is 0.400 bits per heavy atom. The Balaban J connectivity index is 0. The van der Waals surface area contributed by atoms with E-state index in [1.54, 1.807) is 0 Å². The molecule has 0 saturated carbocycles. The van der Waals surface area contributed by atoms with Crippen LogP contribution in [0.2, 0.25) is 0 Å². The van der Waals surface area contributed by atoms with Gasteiger partial charge in [-0.3, -0.25) is 0 Å². The Kier molecular flexibility index (Phi) is 11600. The van der Waals surface area contributed by atoms with Gasteiger partial charge in [0.25, 0.3) is 0 Å². The van der Waals surface area contributed by atoms with Crippen molar-refractivity contribution in [2.75, 3.05) is 0 Å². The van der Waals surface area contributed by atoms with Crippen LogP contribution >= 0.6 is 0 Å². The summed E-state index contributed by atoms with van der Waals surface area (Å²) in [7, 11) is 0. The van der Waals surface area contributed by atoms with Gasteiger partial charge in [-0.1, -0.05) is 0 Å². The van der Waals surface area contributed by atoms with E-state index < -0.39 is 0 Å². The molecule has 7 N–H and O–H groups in total. The zero-order valence-electron chi connectivity index (χ0n) is 4.85. The molecule has 0 spiro atoms. The Morgan fingerprint density at radius 3 is 0.400 bits per heavy atom. The van der Waals surface area contributed by atoms with E-state index in [0.29, 0.717) is 0 Å². The molecule has 0 fully saturated rings. The summed E-state index contributed by atoms with van der Waals surface area (Å²) in [5.74, 6) is 0. The van der Waals surface area contributed by atoms with Crippen LogP contribution in [0.15, 0.2) is 0 Å². The smallest absolute Gasteiger partial charge is 0.870 e. The molecule has 0 aromatic heterocycles. The van der Waals surface area contributed by atoms with E-state index in [9.17, 15) is 0 Å². The fourth-order valence-electron chi connectivity index (χ4n) is 0. The number of hydrogen-bond donors (Lipinski definition) is 0. The fraction of sp³-hybridized carbons (Fsp3) is 0. The summed E-state index contributed by atoms with van der Waals surface area (Å²) < 4.78 is 0. The van der Waals surface area contributed by atoms with Gasteiger partial charge in [0, 0.05) is 0 Å². The van der Waals surface area contributed by atoms with Crippen LogP contribution in [0.3, 0.4) is 0 Å². The molecule has 0 aliphatic heterocycles. The predicted octanol–water partition coefficient (Wildman–Crippen LogP) is -4.24. The molecule has 7 nitrogen and oxygen atoms in total. The third-order valence-electron chi connectivity index (χ3n) is 0. The first-order chi connectivity index (χ1) is 0. The van der Waals surface area contributed by atoms with Crippen molar-refractivity contribution >= 4 is 0 Å². The molecule has 0 saturated heterocycles. The largest absolute Gasteiger partial charge is 4.00 e. The molecule has 0 bridgehead atoms. The van der Waals surface area contributed by atoms with Crippen LogP contribution in [-0.2, 0) is 37.6 Å². The summed E-state index contributed by atoms with van der Waals surface area (Å²) >= 11 is 0. The van der Waals surface area contributed by atoms with Crippen LogP contribution in [0.1, 0.15) is 0 Å². The SMILES string of the molecule is [Mo+4].[Na+].[Ni+2].[OH-].[OH-].[OH-].[OH-].[OH-].[OH-].[OH-]. The molecule has 0 heterocycles. The second-order valence-electron chi connectivity index (χ2n) is 0. The van der Waals surface area contributed by atoms with E-state index in [0.717, 1.165) is 0 Å². The molecule has 0 aliphatic carbocycles. The maximum atomic E-state index is 0. The summed E-state index contributed by atoms with van der Waals surface area (Å²) in [4.78, 5) is 0. The normalized spacial score (nSPS) is 0. The maximum absolute atomic E-state index is 0. The van der Waals surface area contributed by atoms with Crippen LogP contribution in [0.5, 0.6) is 0 Å².